The Morgan fingerprint density at radius 1 is 1.06 bits per heavy atom. The van der Waals surface area contributed by atoms with E-state index >= 15 is 8.78 Å². The molecule has 47 heavy (non-hydrogen) atoms. The van der Waals surface area contributed by atoms with Crippen molar-refractivity contribution in [2.24, 2.45) is 0 Å². The van der Waals surface area contributed by atoms with Crippen molar-refractivity contribution in [1.82, 2.24) is 14.9 Å². The summed E-state index contributed by atoms with van der Waals surface area (Å²) in [5.74, 6) is -0.940. The molecule has 2 aromatic carbocycles. The molecule has 2 aliphatic rings. The van der Waals surface area contributed by atoms with Crippen LogP contribution in [-0.4, -0.2) is 63.4 Å². The topological polar surface area (TPSA) is 121 Å². The molecule has 2 atom stereocenters. The van der Waals surface area contributed by atoms with Crippen LogP contribution in [0.4, 0.5) is 29.2 Å². The van der Waals surface area contributed by atoms with Crippen molar-refractivity contribution in [2.45, 2.75) is 77.7 Å². The summed E-state index contributed by atoms with van der Waals surface area (Å²) in [7, 11) is 0. The first-order chi connectivity index (χ1) is 22.1. The minimum absolute atomic E-state index is 0.00497. The second kappa shape index (κ2) is 11.8. The summed E-state index contributed by atoms with van der Waals surface area (Å²) in [5, 5.41) is 13.2. The molecule has 2 amide bonds. The fourth-order valence-corrected chi connectivity index (χ4v) is 7.64. The van der Waals surface area contributed by atoms with E-state index in [9.17, 15) is 14.9 Å². The SMILES string of the molecule is CC(C)(C)OC(=O)Nc1sc2c(F)ccc(-c3c(Cl)cc4c(N5CC6CCC(C5)N6C(=O)OC(C)(C)C)ncnc4c3F)c2c1C#N. The Kier molecular flexibility index (Phi) is 8.17. The van der Waals surface area contributed by atoms with Crippen LogP contribution >= 0.6 is 22.9 Å². The molecule has 246 valence electrons. The lowest BCUT2D eigenvalue weighted by Crippen LogP contribution is -2.57. The number of carbonyl (C=O) groups is 2. The van der Waals surface area contributed by atoms with Crippen LogP contribution in [0.2, 0.25) is 5.02 Å². The highest BCUT2D eigenvalue weighted by Gasteiger charge is 2.45. The zero-order valence-electron chi connectivity index (χ0n) is 26.7. The third kappa shape index (κ3) is 6.12. The van der Waals surface area contributed by atoms with Gasteiger partial charge in [0.1, 0.15) is 45.8 Å². The Bertz CT molecular complexity index is 1970. The van der Waals surface area contributed by atoms with Crippen LogP contribution in [0.5, 0.6) is 0 Å². The second-order valence-electron chi connectivity index (χ2n) is 13.7. The summed E-state index contributed by atoms with van der Waals surface area (Å²) in [6, 6.07) is 5.91. The maximum Gasteiger partial charge on any atom is 0.412 e. The van der Waals surface area contributed by atoms with Gasteiger partial charge in [-0.05, 0) is 72.1 Å². The van der Waals surface area contributed by atoms with E-state index in [0.29, 0.717) is 24.3 Å². The Labute approximate surface area is 279 Å². The zero-order valence-corrected chi connectivity index (χ0v) is 28.3. The number of benzene rings is 2. The lowest BCUT2D eigenvalue weighted by molar-refractivity contribution is 0.0122. The molecular weight excluding hydrogens is 650 g/mol. The van der Waals surface area contributed by atoms with E-state index in [1.54, 1.807) is 31.7 Å². The van der Waals surface area contributed by atoms with Gasteiger partial charge in [0.05, 0.1) is 27.4 Å². The van der Waals surface area contributed by atoms with Gasteiger partial charge in [-0.3, -0.25) is 10.2 Å². The molecule has 4 aromatic rings. The summed E-state index contributed by atoms with van der Waals surface area (Å²) >= 11 is 7.64. The molecule has 0 spiro atoms. The molecule has 2 aliphatic heterocycles. The van der Waals surface area contributed by atoms with Crippen LogP contribution in [0, 0.1) is 23.0 Å². The maximum atomic E-state index is 16.6. The molecule has 2 unspecified atom stereocenters. The van der Waals surface area contributed by atoms with Gasteiger partial charge in [0.15, 0.2) is 5.82 Å². The molecule has 2 bridgehead atoms. The van der Waals surface area contributed by atoms with Crippen LogP contribution in [-0.2, 0) is 9.47 Å². The normalized spacial score (nSPS) is 18.0. The summed E-state index contributed by atoms with van der Waals surface area (Å²) in [6.07, 6.45) is 1.71. The van der Waals surface area contributed by atoms with Crippen LogP contribution in [0.25, 0.3) is 32.1 Å². The van der Waals surface area contributed by atoms with Gasteiger partial charge in [0.2, 0.25) is 0 Å². The lowest BCUT2D eigenvalue weighted by Gasteiger charge is -2.42. The fraction of sp³-hybridized carbons (Fsp3) is 0.424. The molecule has 0 radical (unpaired) electrons. The smallest absolute Gasteiger partial charge is 0.412 e. The first-order valence-electron chi connectivity index (χ1n) is 15.1. The maximum absolute atomic E-state index is 16.6. The molecular formula is C33H33ClF2N6O4S. The Morgan fingerprint density at radius 3 is 2.34 bits per heavy atom. The number of nitrogens with one attached hydrogen (secondary N) is 1. The van der Waals surface area contributed by atoms with Crippen molar-refractivity contribution in [2.75, 3.05) is 23.3 Å². The number of ether oxygens (including phenoxy) is 2. The van der Waals surface area contributed by atoms with Gasteiger partial charge in [-0.15, -0.1) is 11.3 Å². The van der Waals surface area contributed by atoms with Gasteiger partial charge >= 0.3 is 12.2 Å². The largest absolute Gasteiger partial charge is 0.444 e. The highest BCUT2D eigenvalue weighted by atomic mass is 35.5. The van der Waals surface area contributed by atoms with Gasteiger partial charge < -0.3 is 14.4 Å². The quantitative estimate of drug-likeness (QED) is 0.229. The van der Waals surface area contributed by atoms with E-state index in [4.69, 9.17) is 21.1 Å². The Morgan fingerprint density at radius 2 is 1.72 bits per heavy atom. The van der Waals surface area contributed by atoms with E-state index in [-0.39, 0.29) is 60.5 Å². The number of amides is 2. The van der Waals surface area contributed by atoms with Gasteiger partial charge in [0.25, 0.3) is 0 Å². The summed E-state index contributed by atoms with van der Waals surface area (Å²) < 4.78 is 42.7. The van der Waals surface area contributed by atoms with Crippen molar-refractivity contribution in [3.63, 3.8) is 0 Å². The highest BCUT2D eigenvalue weighted by Crippen LogP contribution is 2.46. The number of carbonyl (C=O) groups excluding carboxylic acids is 2. The van der Waals surface area contributed by atoms with Gasteiger partial charge in [0, 0.05) is 29.4 Å². The number of hydrogen-bond acceptors (Lipinski definition) is 9. The predicted molar refractivity (Wildman–Crippen MR) is 177 cm³/mol. The molecule has 4 heterocycles. The number of halogens is 3. The van der Waals surface area contributed by atoms with Crippen molar-refractivity contribution < 1.29 is 27.8 Å². The number of hydrogen-bond donors (Lipinski definition) is 1. The highest BCUT2D eigenvalue weighted by molar-refractivity contribution is 7.23. The minimum Gasteiger partial charge on any atom is -0.444 e. The van der Waals surface area contributed by atoms with Gasteiger partial charge in [-0.25, -0.2) is 28.3 Å². The standard InChI is InChI=1S/C33H33ClF2N6O4S/c1-32(2,3)45-30(43)40-29-20(12-37)23-18(9-10-22(35)27(23)47-29)24-21(34)11-19-26(25(24)36)38-15-39-28(19)41-13-16-7-8-17(14-41)42(16)31(44)46-33(4,5)6/h9-11,15-17H,7-8,13-14H2,1-6H3,(H,40,43). The number of rotatable bonds is 3. The number of thiophene rings is 1. The molecule has 0 saturated carbocycles. The molecule has 1 N–H and O–H groups in total. The van der Waals surface area contributed by atoms with E-state index < -0.39 is 28.9 Å². The average molecular weight is 683 g/mol. The number of nitrogens with zero attached hydrogens (tertiary/aromatic N) is 5. The van der Waals surface area contributed by atoms with Crippen molar-refractivity contribution in [3.8, 4) is 17.2 Å². The minimum atomic E-state index is -0.818. The van der Waals surface area contributed by atoms with Crippen molar-refractivity contribution in [3.05, 3.63) is 46.7 Å². The molecule has 10 nitrogen and oxygen atoms in total. The van der Waals surface area contributed by atoms with Crippen LogP contribution in [0.1, 0.15) is 59.9 Å². The van der Waals surface area contributed by atoms with E-state index in [1.165, 1.54) is 12.4 Å². The molecule has 2 saturated heterocycles. The number of piperazine rings is 1. The van der Waals surface area contributed by atoms with Crippen molar-refractivity contribution >= 4 is 66.9 Å². The fourth-order valence-electron chi connectivity index (χ4n) is 6.27. The molecule has 0 aliphatic carbocycles. The van der Waals surface area contributed by atoms with Gasteiger partial charge in [-0.2, -0.15) is 5.26 Å². The molecule has 6 rings (SSSR count). The predicted octanol–water partition coefficient (Wildman–Crippen LogP) is 8.25. The first-order valence-corrected chi connectivity index (χ1v) is 16.3. The van der Waals surface area contributed by atoms with Crippen LogP contribution < -0.4 is 10.2 Å². The second-order valence-corrected chi connectivity index (χ2v) is 15.1. The first kappa shape index (κ1) is 32.7. The van der Waals surface area contributed by atoms with Crippen LogP contribution in [0.3, 0.4) is 0 Å². The summed E-state index contributed by atoms with van der Waals surface area (Å²) in [5.41, 5.74) is -1.39. The number of aromatic nitrogens is 2. The number of nitriles is 1. The Hall–Kier alpha value is -4.28. The van der Waals surface area contributed by atoms with Crippen LogP contribution in [0.15, 0.2) is 24.5 Å². The zero-order chi connectivity index (χ0) is 34.0. The lowest BCUT2D eigenvalue weighted by atomic mass is 9.97. The summed E-state index contributed by atoms with van der Waals surface area (Å²) in [6.45, 7) is 11.5. The third-order valence-electron chi connectivity index (χ3n) is 7.97. The van der Waals surface area contributed by atoms with E-state index in [0.717, 1.165) is 30.2 Å². The van der Waals surface area contributed by atoms with Crippen molar-refractivity contribution in [1.29, 1.82) is 5.26 Å². The number of fused-ring (bicyclic) bond motifs is 4. The van der Waals surface area contributed by atoms with E-state index in [1.807, 2.05) is 31.7 Å². The number of anilines is 2. The Balaban J connectivity index is 1.40. The summed E-state index contributed by atoms with van der Waals surface area (Å²) in [4.78, 5) is 38.1. The van der Waals surface area contributed by atoms with E-state index in [2.05, 4.69) is 15.3 Å². The van der Waals surface area contributed by atoms with Gasteiger partial charge in [-0.1, -0.05) is 17.7 Å². The monoisotopic (exact) mass is 682 g/mol. The third-order valence-corrected chi connectivity index (χ3v) is 9.38. The molecule has 14 heteroatoms. The molecule has 2 fully saturated rings. The average Bonchev–Trinajstić information content (AvgIpc) is 3.46. The molecule has 2 aromatic heterocycles.